The van der Waals surface area contributed by atoms with E-state index in [1.807, 2.05) is 32.9 Å². The lowest BCUT2D eigenvalue weighted by atomic mass is 10.0. The number of carbonyl (C=O) groups excluding carboxylic acids is 1. The molecule has 1 heterocycles. The van der Waals surface area contributed by atoms with Crippen molar-refractivity contribution in [2.45, 2.75) is 20.8 Å². The number of aryl methyl sites for hydroxylation is 3. The normalized spacial score (nSPS) is 10.8. The molecule has 0 radical (unpaired) electrons. The number of fused-ring (bicyclic) bond motifs is 1. The smallest absolute Gasteiger partial charge is 0.291 e. The van der Waals surface area contributed by atoms with Crippen LogP contribution in [0.3, 0.4) is 0 Å². The first-order valence-corrected chi connectivity index (χ1v) is 7.98. The lowest BCUT2D eigenvalue weighted by Gasteiger charge is -2.11. The Morgan fingerprint density at radius 3 is 2.40 bits per heavy atom. The highest BCUT2D eigenvalue weighted by atomic mass is 16.5. The molecule has 3 rings (SSSR count). The van der Waals surface area contributed by atoms with Crippen LogP contribution in [0, 0.1) is 20.8 Å². The number of hydrogen-bond acceptors (Lipinski definition) is 4. The van der Waals surface area contributed by atoms with Crippen molar-refractivity contribution in [2.75, 3.05) is 19.5 Å². The van der Waals surface area contributed by atoms with E-state index in [0.29, 0.717) is 28.5 Å². The van der Waals surface area contributed by atoms with Crippen molar-refractivity contribution in [2.24, 2.45) is 0 Å². The third kappa shape index (κ3) is 3.05. The van der Waals surface area contributed by atoms with E-state index in [-0.39, 0.29) is 5.91 Å². The van der Waals surface area contributed by atoms with Crippen molar-refractivity contribution in [3.8, 4) is 11.5 Å². The summed E-state index contributed by atoms with van der Waals surface area (Å²) in [6.07, 6.45) is 0. The van der Waals surface area contributed by atoms with Crippen LogP contribution in [0.5, 0.6) is 11.5 Å². The van der Waals surface area contributed by atoms with Crippen molar-refractivity contribution in [3.63, 3.8) is 0 Å². The van der Waals surface area contributed by atoms with Gasteiger partial charge in [-0.3, -0.25) is 4.79 Å². The Kier molecular flexibility index (Phi) is 4.40. The van der Waals surface area contributed by atoms with Crippen LogP contribution in [-0.2, 0) is 0 Å². The van der Waals surface area contributed by atoms with Gasteiger partial charge < -0.3 is 19.2 Å². The first kappa shape index (κ1) is 16.9. The first-order chi connectivity index (χ1) is 11.9. The minimum absolute atomic E-state index is 0.304. The predicted molar refractivity (Wildman–Crippen MR) is 97.9 cm³/mol. The summed E-state index contributed by atoms with van der Waals surface area (Å²) in [4.78, 5) is 12.7. The minimum atomic E-state index is -0.313. The van der Waals surface area contributed by atoms with Crippen LogP contribution in [0.4, 0.5) is 5.69 Å². The largest absolute Gasteiger partial charge is 0.497 e. The van der Waals surface area contributed by atoms with Gasteiger partial charge in [0.05, 0.1) is 19.9 Å². The molecule has 5 heteroatoms. The standard InChI is InChI=1S/C20H21NO4/c1-11-8-15-13(3)19(25-17(15)9-12(11)2)20(22)21-16-7-6-14(23-4)10-18(16)24-5/h6-10H,1-5H3,(H,21,22). The maximum atomic E-state index is 12.7. The van der Waals surface area contributed by atoms with Gasteiger partial charge in [-0.1, -0.05) is 0 Å². The molecule has 0 saturated carbocycles. The van der Waals surface area contributed by atoms with Crippen LogP contribution in [0.1, 0.15) is 27.2 Å². The predicted octanol–water partition coefficient (Wildman–Crippen LogP) is 4.63. The summed E-state index contributed by atoms with van der Waals surface area (Å²) in [5, 5.41) is 3.80. The Labute approximate surface area is 146 Å². The Hall–Kier alpha value is -2.95. The molecule has 5 nitrogen and oxygen atoms in total. The monoisotopic (exact) mass is 339 g/mol. The van der Waals surface area contributed by atoms with Crippen molar-refractivity contribution >= 4 is 22.6 Å². The average molecular weight is 339 g/mol. The number of hydrogen-bond donors (Lipinski definition) is 1. The summed E-state index contributed by atoms with van der Waals surface area (Å²) in [6, 6.07) is 9.22. The molecule has 1 aromatic heterocycles. The van der Waals surface area contributed by atoms with Gasteiger partial charge in [0.25, 0.3) is 5.91 Å². The fourth-order valence-corrected chi connectivity index (χ4v) is 2.77. The zero-order valence-electron chi connectivity index (χ0n) is 15.0. The van der Waals surface area contributed by atoms with Gasteiger partial charge in [0.15, 0.2) is 5.76 Å². The molecule has 130 valence electrons. The van der Waals surface area contributed by atoms with Crippen LogP contribution < -0.4 is 14.8 Å². The van der Waals surface area contributed by atoms with E-state index >= 15 is 0 Å². The van der Waals surface area contributed by atoms with Gasteiger partial charge in [0.2, 0.25) is 0 Å². The van der Waals surface area contributed by atoms with Crippen LogP contribution >= 0.6 is 0 Å². The molecule has 25 heavy (non-hydrogen) atoms. The van der Waals surface area contributed by atoms with E-state index in [1.165, 1.54) is 5.56 Å². The Balaban J connectivity index is 1.97. The van der Waals surface area contributed by atoms with E-state index in [4.69, 9.17) is 13.9 Å². The highest BCUT2D eigenvalue weighted by Crippen LogP contribution is 2.32. The molecule has 0 unspecified atom stereocenters. The quantitative estimate of drug-likeness (QED) is 0.753. The number of furan rings is 1. The van der Waals surface area contributed by atoms with Gasteiger partial charge in [-0.15, -0.1) is 0 Å². The van der Waals surface area contributed by atoms with Crippen LogP contribution in [0.2, 0.25) is 0 Å². The number of anilines is 1. The molecule has 0 saturated heterocycles. The van der Waals surface area contributed by atoms with E-state index in [2.05, 4.69) is 5.32 Å². The molecule has 0 aliphatic carbocycles. The molecule has 0 bridgehead atoms. The highest BCUT2D eigenvalue weighted by Gasteiger charge is 2.19. The van der Waals surface area contributed by atoms with E-state index in [9.17, 15) is 4.79 Å². The summed E-state index contributed by atoms with van der Waals surface area (Å²) in [7, 11) is 3.12. The second-order valence-electron chi connectivity index (χ2n) is 6.01. The maximum absolute atomic E-state index is 12.7. The van der Waals surface area contributed by atoms with E-state index in [0.717, 1.165) is 16.5 Å². The SMILES string of the molecule is COc1ccc(NC(=O)c2oc3cc(C)c(C)cc3c2C)c(OC)c1. The number of nitrogens with one attached hydrogen (secondary N) is 1. The summed E-state index contributed by atoms with van der Waals surface area (Å²) in [6.45, 7) is 5.96. The Morgan fingerprint density at radius 1 is 1.00 bits per heavy atom. The second kappa shape index (κ2) is 6.51. The zero-order valence-corrected chi connectivity index (χ0v) is 15.0. The molecule has 2 aromatic carbocycles. The van der Waals surface area contributed by atoms with Crippen molar-refractivity contribution < 1.29 is 18.7 Å². The maximum Gasteiger partial charge on any atom is 0.291 e. The van der Waals surface area contributed by atoms with Gasteiger partial charge in [-0.25, -0.2) is 0 Å². The van der Waals surface area contributed by atoms with Gasteiger partial charge in [-0.2, -0.15) is 0 Å². The number of amides is 1. The topological polar surface area (TPSA) is 60.7 Å². The Morgan fingerprint density at radius 2 is 1.72 bits per heavy atom. The molecule has 0 aliphatic rings. The molecule has 0 atom stereocenters. The van der Waals surface area contributed by atoms with Crippen molar-refractivity contribution in [3.05, 3.63) is 52.8 Å². The molecule has 0 aliphatic heterocycles. The highest BCUT2D eigenvalue weighted by molar-refractivity contribution is 6.07. The number of rotatable bonds is 4. The van der Waals surface area contributed by atoms with Crippen LogP contribution in [-0.4, -0.2) is 20.1 Å². The lowest BCUT2D eigenvalue weighted by molar-refractivity contribution is 0.0997. The molecule has 1 N–H and O–H groups in total. The zero-order chi connectivity index (χ0) is 18.1. The van der Waals surface area contributed by atoms with Crippen LogP contribution in [0.15, 0.2) is 34.7 Å². The Bertz CT molecular complexity index is 956. The van der Waals surface area contributed by atoms with E-state index < -0.39 is 0 Å². The van der Waals surface area contributed by atoms with Gasteiger partial charge in [0.1, 0.15) is 17.1 Å². The van der Waals surface area contributed by atoms with Gasteiger partial charge in [-0.05, 0) is 56.2 Å². The number of ether oxygens (including phenoxy) is 2. The third-order valence-electron chi connectivity index (χ3n) is 4.42. The molecular formula is C20H21NO4. The van der Waals surface area contributed by atoms with Gasteiger partial charge in [0, 0.05) is 17.0 Å². The summed E-state index contributed by atoms with van der Waals surface area (Å²) in [5.41, 5.74) is 4.39. The summed E-state index contributed by atoms with van der Waals surface area (Å²) in [5.74, 6) is 1.17. The summed E-state index contributed by atoms with van der Waals surface area (Å²) >= 11 is 0. The molecule has 1 amide bonds. The molecule has 3 aromatic rings. The minimum Gasteiger partial charge on any atom is -0.497 e. The fraction of sp³-hybridized carbons (Fsp3) is 0.250. The summed E-state index contributed by atoms with van der Waals surface area (Å²) < 4.78 is 16.3. The van der Waals surface area contributed by atoms with Crippen LogP contribution in [0.25, 0.3) is 11.0 Å². The van der Waals surface area contributed by atoms with Crippen molar-refractivity contribution in [1.82, 2.24) is 0 Å². The number of benzene rings is 2. The third-order valence-corrected chi connectivity index (χ3v) is 4.42. The second-order valence-corrected chi connectivity index (χ2v) is 6.01. The number of methoxy groups -OCH3 is 2. The van der Waals surface area contributed by atoms with Gasteiger partial charge >= 0.3 is 0 Å². The van der Waals surface area contributed by atoms with Crippen molar-refractivity contribution in [1.29, 1.82) is 0 Å². The molecule has 0 spiro atoms. The first-order valence-electron chi connectivity index (χ1n) is 7.98. The molecular weight excluding hydrogens is 318 g/mol. The fourth-order valence-electron chi connectivity index (χ4n) is 2.77. The number of carbonyl (C=O) groups is 1. The average Bonchev–Trinajstić information content (AvgIpc) is 2.92. The lowest BCUT2D eigenvalue weighted by Crippen LogP contribution is -2.13. The molecule has 0 fully saturated rings. The van der Waals surface area contributed by atoms with E-state index in [1.54, 1.807) is 32.4 Å².